The number of hydrogen-bond acceptors (Lipinski definition) is 3. The predicted molar refractivity (Wildman–Crippen MR) is 116 cm³/mol. The average Bonchev–Trinajstić information content (AvgIpc) is 2.75. The van der Waals surface area contributed by atoms with Crippen molar-refractivity contribution in [3.8, 4) is 0 Å². The van der Waals surface area contributed by atoms with Crippen LogP contribution in [-0.4, -0.2) is 18.5 Å². The third kappa shape index (κ3) is 7.12. The van der Waals surface area contributed by atoms with Crippen molar-refractivity contribution < 1.29 is 26.1 Å². The van der Waals surface area contributed by atoms with E-state index in [0.29, 0.717) is 0 Å². The number of benzene rings is 3. The van der Waals surface area contributed by atoms with E-state index >= 15 is 0 Å². The number of aryl methyl sites for hydroxylation is 2. The highest BCUT2D eigenvalue weighted by Gasteiger charge is 2.37. The molecule has 8 heteroatoms. The van der Waals surface area contributed by atoms with E-state index in [0.717, 1.165) is 12.8 Å². The molecule has 0 aliphatic heterocycles. The molecule has 3 aromatic rings. The Labute approximate surface area is 184 Å². The summed E-state index contributed by atoms with van der Waals surface area (Å²) >= 11 is 0. The Bertz CT molecular complexity index is 1000. The normalized spacial score (nSPS) is 11.7. The van der Waals surface area contributed by atoms with Crippen molar-refractivity contribution in [3.63, 3.8) is 0 Å². The zero-order valence-electron chi connectivity index (χ0n) is 17.1. The van der Waals surface area contributed by atoms with Crippen molar-refractivity contribution in [3.05, 3.63) is 90.0 Å². The number of halogens is 3. The lowest BCUT2D eigenvalue weighted by atomic mass is 10.2. The monoisotopic (exact) mass is 468 g/mol. The van der Waals surface area contributed by atoms with Crippen LogP contribution in [0.4, 0.5) is 13.2 Å². The van der Waals surface area contributed by atoms with Crippen molar-refractivity contribution in [2.75, 3.05) is 0 Å². The van der Waals surface area contributed by atoms with Crippen LogP contribution in [0.15, 0.2) is 93.5 Å². The van der Waals surface area contributed by atoms with E-state index in [1.54, 1.807) is 0 Å². The van der Waals surface area contributed by atoms with Gasteiger partial charge in [-0.1, -0.05) is 56.3 Å². The highest BCUT2D eigenvalue weighted by Crippen LogP contribution is 2.31. The summed E-state index contributed by atoms with van der Waals surface area (Å²) in [7, 11) is -6.13. The molecule has 3 aromatic carbocycles. The van der Waals surface area contributed by atoms with Gasteiger partial charge in [0.25, 0.3) is 0 Å². The van der Waals surface area contributed by atoms with Gasteiger partial charge < -0.3 is 4.55 Å². The molecule has 3 rings (SSSR count). The fourth-order valence-electron chi connectivity index (χ4n) is 2.69. The number of hydrogen-bond donors (Lipinski definition) is 0. The molecule has 0 radical (unpaired) electrons. The second-order valence-corrected chi connectivity index (χ2v) is 9.91. The molecule has 0 aromatic heterocycles. The molecule has 31 heavy (non-hydrogen) atoms. The van der Waals surface area contributed by atoms with Crippen LogP contribution in [0.5, 0.6) is 0 Å². The second-order valence-electron chi connectivity index (χ2n) is 6.51. The molecular weight excluding hydrogens is 445 g/mol. The Balaban J connectivity index is 0.000000366. The van der Waals surface area contributed by atoms with Gasteiger partial charge in [-0.05, 0) is 60.4 Å². The Morgan fingerprint density at radius 2 is 1.03 bits per heavy atom. The van der Waals surface area contributed by atoms with E-state index in [1.165, 1.54) is 25.8 Å². The standard InChI is InChI=1S/C22H23S.CHF3O3S/c1-3-18-10-14-21(15-11-18)23(20-8-6-5-7-9-20)22-16-12-19(4-2)13-17-22;2-1(3,4)8(5,6)7/h5-17H,3-4H2,1-2H3;(H,5,6,7)/q+1;/p-1. The highest BCUT2D eigenvalue weighted by atomic mass is 32.2. The van der Waals surface area contributed by atoms with Gasteiger partial charge in [-0.2, -0.15) is 13.2 Å². The van der Waals surface area contributed by atoms with Gasteiger partial charge >= 0.3 is 5.51 Å². The van der Waals surface area contributed by atoms with Crippen LogP contribution in [0.3, 0.4) is 0 Å². The van der Waals surface area contributed by atoms with E-state index in [-0.39, 0.29) is 10.9 Å². The van der Waals surface area contributed by atoms with Gasteiger partial charge in [0.1, 0.15) is 0 Å². The van der Waals surface area contributed by atoms with Gasteiger partial charge in [0, 0.05) is 0 Å². The molecule has 0 aliphatic carbocycles. The van der Waals surface area contributed by atoms with Crippen LogP contribution < -0.4 is 0 Å². The molecule has 0 N–H and O–H groups in total. The van der Waals surface area contributed by atoms with Crippen LogP contribution in [0.2, 0.25) is 0 Å². The molecule has 0 fully saturated rings. The topological polar surface area (TPSA) is 57.2 Å². The summed E-state index contributed by atoms with van der Waals surface area (Å²) < 4.78 is 58.9. The molecule has 3 nitrogen and oxygen atoms in total. The second kappa shape index (κ2) is 10.8. The first-order valence-electron chi connectivity index (χ1n) is 9.56. The smallest absolute Gasteiger partial charge is 0.485 e. The zero-order chi connectivity index (χ0) is 23.1. The molecule has 0 heterocycles. The van der Waals surface area contributed by atoms with Gasteiger partial charge in [0.05, 0.1) is 10.9 Å². The van der Waals surface area contributed by atoms with Crippen molar-refractivity contribution in [1.82, 2.24) is 0 Å². The molecule has 0 saturated carbocycles. The molecule has 166 valence electrons. The quantitative estimate of drug-likeness (QED) is 0.264. The molecule has 0 unspecified atom stereocenters. The third-order valence-corrected chi connectivity index (χ3v) is 7.19. The average molecular weight is 469 g/mol. The maximum absolute atomic E-state index is 10.7. The summed E-state index contributed by atoms with van der Waals surface area (Å²) in [6.07, 6.45) is 2.18. The first-order valence-corrected chi connectivity index (χ1v) is 12.2. The highest BCUT2D eigenvalue weighted by molar-refractivity contribution is 7.97. The van der Waals surface area contributed by atoms with E-state index < -0.39 is 15.6 Å². The van der Waals surface area contributed by atoms with Gasteiger partial charge in [-0.25, -0.2) is 8.42 Å². The van der Waals surface area contributed by atoms with Crippen molar-refractivity contribution in [1.29, 1.82) is 0 Å². The van der Waals surface area contributed by atoms with Gasteiger partial charge in [-0.3, -0.25) is 0 Å². The first-order chi connectivity index (χ1) is 14.6. The minimum atomic E-state index is -6.09. The predicted octanol–water partition coefficient (Wildman–Crippen LogP) is 5.96. The van der Waals surface area contributed by atoms with Gasteiger partial charge in [0.15, 0.2) is 24.8 Å². The molecule has 0 amide bonds. The Morgan fingerprint density at radius 1 is 0.710 bits per heavy atom. The van der Waals surface area contributed by atoms with Gasteiger partial charge in [-0.15, -0.1) is 0 Å². The van der Waals surface area contributed by atoms with E-state index in [1.807, 2.05) is 0 Å². The van der Waals surface area contributed by atoms with Crippen LogP contribution in [-0.2, 0) is 33.9 Å². The maximum atomic E-state index is 10.7. The number of rotatable bonds is 5. The first kappa shape index (κ1) is 25.0. The summed E-state index contributed by atoms with van der Waals surface area (Å²) in [6.45, 7) is 4.41. The summed E-state index contributed by atoms with van der Waals surface area (Å²) in [5.41, 5.74) is -2.86. The molecular formula is C23H23F3O3S2. The minimum Gasteiger partial charge on any atom is -0.741 e. The lowest BCUT2D eigenvalue weighted by molar-refractivity contribution is -0.0517. The SMILES string of the molecule is CCc1ccc([S+](c2ccccc2)c2ccc(CC)cc2)cc1.O=S(=O)([O-])C(F)(F)F. The van der Waals surface area contributed by atoms with Crippen molar-refractivity contribution >= 4 is 21.0 Å². The molecule has 0 spiro atoms. The Morgan fingerprint density at radius 3 is 1.32 bits per heavy atom. The molecule has 0 atom stereocenters. The molecule has 0 aliphatic rings. The molecule has 0 bridgehead atoms. The molecule has 0 saturated heterocycles. The lowest BCUT2D eigenvalue weighted by Gasteiger charge is -2.09. The third-order valence-electron chi connectivity index (χ3n) is 4.40. The maximum Gasteiger partial charge on any atom is 0.485 e. The summed E-state index contributed by atoms with van der Waals surface area (Å²) in [4.78, 5) is 4.15. The van der Waals surface area contributed by atoms with Crippen molar-refractivity contribution in [2.24, 2.45) is 0 Å². The summed E-state index contributed by atoms with van der Waals surface area (Å²) in [6, 6.07) is 29.1. The van der Waals surface area contributed by atoms with E-state index in [2.05, 4.69) is 92.7 Å². The minimum absolute atomic E-state index is 0.0351. The summed E-state index contributed by atoms with van der Waals surface area (Å²) in [5, 5.41) is 0. The fraction of sp³-hybridized carbons (Fsp3) is 0.217. The summed E-state index contributed by atoms with van der Waals surface area (Å²) in [5.74, 6) is 0. The van der Waals surface area contributed by atoms with Crippen LogP contribution in [0.25, 0.3) is 0 Å². The Kier molecular flexibility index (Phi) is 8.73. The van der Waals surface area contributed by atoms with E-state index in [4.69, 9.17) is 13.0 Å². The largest absolute Gasteiger partial charge is 0.741 e. The van der Waals surface area contributed by atoms with Crippen LogP contribution >= 0.6 is 0 Å². The number of alkyl halides is 3. The lowest BCUT2D eigenvalue weighted by Crippen LogP contribution is -2.21. The van der Waals surface area contributed by atoms with Gasteiger partial charge in [0.2, 0.25) is 0 Å². The van der Waals surface area contributed by atoms with Crippen LogP contribution in [0, 0.1) is 0 Å². The zero-order valence-corrected chi connectivity index (χ0v) is 18.7. The van der Waals surface area contributed by atoms with E-state index in [9.17, 15) is 13.2 Å². The fourth-order valence-corrected chi connectivity index (χ4v) is 4.75. The van der Waals surface area contributed by atoms with Crippen LogP contribution in [0.1, 0.15) is 25.0 Å². The van der Waals surface area contributed by atoms with Crippen molar-refractivity contribution in [2.45, 2.75) is 46.9 Å². The Hall–Kier alpha value is -2.29.